The van der Waals surface area contributed by atoms with Gasteiger partial charge in [0.25, 0.3) is 0 Å². The molecule has 0 spiro atoms. The van der Waals surface area contributed by atoms with E-state index < -0.39 is 0 Å². The summed E-state index contributed by atoms with van der Waals surface area (Å²) in [4.78, 5) is 0. The minimum absolute atomic E-state index is 0.332. The Morgan fingerprint density at radius 1 is 1.10 bits per heavy atom. The first kappa shape index (κ1) is 15.5. The maximum Gasteiger partial charge on any atom is 0.494 e. The zero-order valence-electron chi connectivity index (χ0n) is 12.6. The van der Waals surface area contributed by atoms with Gasteiger partial charge in [-0.15, -0.1) is 12.3 Å². The molecule has 1 heterocycles. The molecular formula is C16H21BO2S. The fourth-order valence-electron chi connectivity index (χ4n) is 2.22. The summed E-state index contributed by atoms with van der Waals surface area (Å²) in [6.07, 6.45) is 6.02. The number of terminal acetylenes is 1. The van der Waals surface area contributed by atoms with E-state index in [0.29, 0.717) is 12.2 Å². The van der Waals surface area contributed by atoms with E-state index in [2.05, 4.69) is 64.4 Å². The van der Waals surface area contributed by atoms with Crippen LogP contribution in [0.4, 0.5) is 0 Å². The highest BCUT2D eigenvalue weighted by Gasteiger charge is 2.51. The molecule has 1 aliphatic heterocycles. The highest BCUT2D eigenvalue weighted by Crippen LogP contribution is 2.36. The maximum absolute atomic E-state index is 6.08. The van der Waals surface area contributed by atoms with Gasteiger partial charge in [0, 0.05) is 12.2 Å². The van der Waals surface area contributed by atoms with Crippen molar-refractivity contribution in [1.29, 1.82) is 0 Å². The summed E-state index contributed by atoms with van der Waals surface area (Å²) >= 11 is 4.35. The summed E-state index contributed by atoms with van der Waals surface area (Å²) < 4.78 is 12.2. The molecule has 0 aromatic heterocycles. The Kier molecular flexibility index (Phi) is 4.25. The smallest absolute Gasteiger partial charge is 0.399 e. The molecule has 0 unspecified atom stereocenters. The molecule has 0 N–H and O–H groups in total. The van der Waals surface area contributed by atoms with E-state index >= 15 is 0 Å². The Labute approximate surface area is 127 Å². The number of thiol groups is 1. The molecule has 0 aliphatic carbocycles. The molecule has 106 valence electrons. The van der Waals surface area contributed by atoms with Crippen molar-refractivity contribution in [2.45, 2.75) is 51.1 Å². The number of benzene rings is 1. The molecule has 0 bridgehead atoms. The second-order valence-corrected chi connectivity index (χ2v) is 6.53. The van der Waals surface area contributed by atoms with Gasteiger partial charge in [0.05, 0.1) is 11.2 Å². The van der Waals surface area contributed by atoms with Crippen LogP contribution in [0, 0.1) is 12.3 Å². The Morgan fingerprint density at radius 2 is 1.65 bits per heavy atom. The predicted octanol–water partition coefficient (Wildman–Crippen LogP) is 2.59. The average Bonchev–Trinajstić information content (AvgIpc) is 2.58. The normalized spacial score (nSPS) is 19.9. The maximum atomic E-state index is 6.08. The van der Waals surface area contributed by atoms with Gasteiger partial charge < -0.3 is 9.31 Å². The third kappa shape index (κ3) is 2.91. The van der Waals surface area contributed by atoms with Crippen molar-refractivity contribution in [3.05, 3.63) is 29.3 Å². The molecular weight excluding hydrogens is 267 g/mol. The third-order valence-electron chi connectivity index (χ3n) is 4.09. The van der Waals surface area contributed by atoms with E-state index in [1.165, 1.54) is 0 Å². The molecule has 1 aromatic rings. The fourth-order valence-corrected chi connectivity index (χ4v) is 2.40. The van der Waals surface area contributed by atoms with E-state index in [-0.39, 0.29) is 18.3 Å². The monoisotopic (exact) mass is 288 g/mol. The standard InChI is InChI=1S/C16H21BO2S/c1-6-7-12-8-13(11-20)10-14(9-12)17-18-15(2,3)16(4,5)19-17/h1,8-10,20H,7,11H2,2-5H3. The zero-order chi connectivity index (χ0) is 15.0. The van der Waals surface area contributed by atoms with Crippen LogP contribution >= 0.6 is 12.6 Å². The summed E-state index contributed by atoms with van der Waals surface area (Å²) in [7, 11) is -0.351. The number of rotatable bonds is 3. The number of hydrogen-bond acceptors (Lipinski definition) is 3. The summed E-state index contributed by atoms with van der Waals surface area (Å²) in [6, 6.07) is 6.23. The largest absolute Gasteiger partial charge is 0.494 e. The fraction of sp³-hybridized carbons (Fsp3) is 0.500. The molecule has 0 amide bonds. The van der Waals surface area contributed by atoms with Crippen LogP contribution in [0.5, 0.6) is 0 Å². The first-order valence-electron chi connectivity index (χ1n) is 6.82. The van der Waals surface area contributed by atoms with E-state index in [9.17, 15) is 0 Å². The molecule has 1 aliphatic rings. The van der Waals surface area contributed by atoms with Crippen LogP contribution in [0.2, 0.25) is 0 Å². The summed E-state index contributed by atoms with van der Waals surface area (Å²) in [5.41, 5.74) is 2.58. The van der Waals surface area contributed by atoms with E-state index in [1.54, 1.807) is 0 Å². The first-order chi connectivity index (χ1) is 9.29. The number of hydrogen-bond donors (Lipinski definition) is 1. The first-order valence-corrected chi connectivity index (χ1v) is 7.45. The van der Waals surface area contributed by atoms with Crippen molar-refractivity contribution in [2.75, 3.05) is 0 Å². The SMILES string of the molecule is C#CCc1cc(CS)cc(B2OC(C)(C)C(C)(C)O2)c1. The van der Waals surface area contributed by atoms with Crippen molar-refractivity contribution < 1.29 is 9.31 Å². The van der Waals surface area contributed by atoms with Crippen molar-refractivity contribution in [3.63, 3.8) is 0 Å². The van der Waals surface area contributed by atoms with Gasteiger partial charge >= 0.3 is 7.12 Å². The lowest BCUT2D eigenvalue weighted by molar-refractivity contribution is 0.00578. The Morgan fingerprint density at radius 3 is 2.15 bits per heavy atom. The van der Waals surface area contributed by atoms with Crippen molar-refractivity contribution in [2.24, 2.45) is 0 Å². The molecule has 2 nitrogen and oxygen atoms in total. The summed E-state index contributed by atoms with van der Waals surface area (Å²) in [6.45, 7) is 8.21. The van der Waals surface area contributed by atoms with Crippen LogP contribution in [0.25, 0.3) is 0 Å². The van der Waals surface area contributed by atoms with Gasteiger partial charge in [-0.05, 0) is 44.3 Å². The Balaban J connectivity index is 2.34. The lowest BCUT2D eigenvalue weighted by Crippen LogP contribution is -2.41. The quantitative estimate of drug-likeness (QED) is 0.523. The van der Waals surface area contributed by atoms with Crippen LogP contribution in [-0.2, 0) is 21.5 Å². The molecule has 4 heteroatoms. The van der Waals surface area contributed by atoms with Gasteiger partial charge in [-0.1, -0.05) is 18.2 Å². The van der Waals surface area contributed by atoms with Crippen LogP contribution in [-0.4, -0.2) is 18.3 Å². The van der Waals surface area contributed by atoms with Gasteiger partial charge in [-0.25, -0.2) is 0 Å². The second kappa shape index (κ2) is 5.48. The molecule has 1 saturated heterocycles. The molecule has 1 aromatic carbocycles. The lowest BCUT2D eigenvalue weighted by atomic mass is 9.77. The molecule has 0 saturated carbocycles. The van der Waals surface area contributed by atoms with E-state index in [4.69, 9.17) is 15.7 Å². The minimum atomic E-state index is -0.351. The van der Waals surface area contributed by atoms with Gasteiger partial charge in [0.1, 0.15) is 0 Å². The van der Waals surface area contributed by atoms with Gasteiger partial charge in [0.15, 0.2) is 0 Å². The predicted molar refractivity (Wildman–Crippen MR) is 87.4 cm³/mol. The molecule has 0 atom stereocenters. The highest BCUT2D eigenvalue weighted by atomic mass is 32.1. The topological polar surface area (TPSA) is 18.5 Å². The van der Waals surface area contributed by atoms with Gasteiger partial charge in [-0.2, -0.15) is 12.6 Å². The van der Waals surface area contributed by atoms with Crippen LogP contribution in [0.3, 0.4) is 0 Å². The summed E-state index contributed by atoms with van der Waals surface area (Å²) in [5.74, 6) is 3.35. The van der Waals surface area contributed by atoms with Crippen LogP contribution < -0.4 is 5.46 Å². The second-order valence-electron chi connectivity index (χ2n) is 6.21. The highest BCUT2D eigenvalue weighted by molar-refractivity contribution is 7.79. The van der Waals surface area contributed by atoms with Crippen molar-refractivity contribution in [3.8, 4) is 12.3 Å². The summed E-state index contributed by atoms with van der Waals surface area (Å²) in [5, 5.41) is 0. The Bertz CT molecular complexity index is 530. The van der Waals surface area contributed by atoms with Crippen molar-refractivity contribution in [1.82, 2.24) is 0 Å². The zero-order valence-corrected chi connectivity index (χ0v) is 13.5. The lowest BCUT2D eigenvalue weighted by Gasteiger charge is -2.32. The minimum Gasteiger partial charge on any atom is -0.399 e. The van der Waals surface area contributed by atoms with Crippen molar-refractivity contribution >= 4 is 25.2 Å². The average molecular weight is 288 g/mol. The third-order valence-corrected chi connectivity index (χ3v) is 4.45. The molecule has 1 fully saturated rings. The molecule has 2 rings (SSSR count). The van der Waals surface area contributed by atoms with Crippen LogP contribution in [0.1, 0.15) is 38.8 Å². The Hall–Kier alpha value is -0.885. The van der Waals surface area contributed by atoms with Gasteiger partial charge in [-0.3, -0.25) is 0 Å². The van der Waals surface area contributed by atoms with Gasteiger partial charge in [0.2, 0.25) is 0 Å². The molecule has 0 radical (unpaired) electrons. The van der Waals surface area contributed by atoms with Crippen LogP contribution in [0.15, 0.2) is 18.2 Å². The van der Waals surface area contributed by atoms with E-state index in [0.717, 1.165) is 16.6 Å². The van der Waals surface area contributed by atoms with E-state index in [1.807, 2.05) is 0 Å². The molecule has 20 heavy (non-hydrogen) atoms.